The van der Waals surface area contributed by atoms with Crippen LogP contribution in [0, 0.1) is 0 Å². The van der Waals surface area contributed by atoms with Gasteiger partial charge < -0.3 is 15.5 Å². The van der Waals surface area contributed by atoms with Crippen LogP contribution in [-0.2, 0) is 4.79 Å². The number of unbranched alkanes of at least 4 members (excludes halogenated alkanes) is 20. The van der Waals surface area contributed by atoms with E-state index in [2.05, 4.69) is 165 Å². The molecule has 4 heteroatoms. The maximum absolute atomic E-state index is 12.5. The summed E-state index contributed by atoms with van der Waals surface area (Å²) in [5, 5.41) is 23.3. The van der Waals surface area contributed by atoms with E-state index in [4.69, 9.17) is 0 Å². The van der Waals surface area contributed by atoms with Crippen LogP contribution in [0.4, 0.5) is 0 Å². The highest BCUT2D eigenvalue weighted by Gasteiger charge is 2.20. The van der Waals surface area contributed by atoms with Crippen LogP contribution < -0.4 is 5.32 Å². The van der Waals surface area contributed by atoms with Gasteiger partial charge in [-0.15, -0.1) is 0 Å². The Bertz CT molecular complexity index is 1470. The average Bonchev–Trinajstić information content (AvgIpc) is 3.36. The third-order valence-corrected chi connectivity index (χ3v) is 12.4. The first-order valence-corrected chi connectivity index (χ1v) is 29.0. The van der Waals surface area contributed by atoms with E-state index in [0.717, 1.165) is 122 Å². The summed E-state index contributed by atoms with van der Waals surface area (Å²) >= 11 is 0. The molecule has 396 valence electrons. The Balaban J connectivity index is 3.67. The lowest BCUT2D eigenvalue weighted by molar-refractivity contribution is -0.123. The molecule has 70 heavy (non-hydrogen) atoms. The van der Waals surface area contributed by atoms with Gasteiger partial charge in [0.05, 0.1) is 18.8 Å². The topological polar surface area (TPSA) is 69.6 Å². The fraction of sp³-hybridized carbons (Fsp3) is 0.621. The summed E-state index contributed by atoms with van der Waals surface area (Å²) in [7, 11) is 0. The summed E-state index contributed by atoms with van der Waals surface area (Å²) < 4.78 is 0. The molecular weight excluding hydrogens is 855 g/mol. The highest BCUT2D eigenvalue weighted by atomic mass is 16.3. The molecule has 0 bridgehead atoms. The van der Waals surface area contributed by atoms with E-state index in [0.29, 0.717) is 12.8 Å². The van der Waals surface area contributed by atoms with Crippen LogP contribution in [-0.4, -0.2) is 34.9 Å². The molecule has 0 rings (SSSR count). The van der Waals surface area contributed by atoms with Gasteiger partial charge in [-0.05, 0) is 103 Å². The van der Waals surface area contributed by atoms with E-state index in [-0.39, 0.29) is 12.5 Å². The van der Waals surface area contributed by atoms with Gasteiger partial charge >= 0.3 is 0 Å². The summed E-state index contributed by atoms with van der Waals surface area (Å²) in [5.41, 5.74) is 0. The smallest absolute Gasteiger partial charge is 0.220 e. The third-order valence-electron chi connectivity index (χ3n) is 12.4. The second-order valence-electron chi connectivity index (χ2n) is 19.0. The lowest BCUT2D eigenvalue weighted by atomic mass is 10.0. The molecule has 3 N–H and O–H groups in total. The van der Waals surface area contributed by atoms with E-state index in [1.54, 1.807) is 0 Å². The largest absolute Gasteiger partial charge is 0.394 e. The molecule has 1 amide bonds. The van der Waals surface area contributed by atoms with Gasteiger partial charge in [-0.1, -0.05) is 282 Å². The molecule has 2 unspecified atom stereocenters. The minimum atomic E-state index is -0.681. The zero-order valence-electron chi connectivity index (χ0n) is 45.5. The lowest BCUT2D eigenvalue weighted by Crippen LogP contribution is -2.45. The van der Waals surface area contributed by atoms with Crippen LogP contribution >= 0.6 is 0 Å². The first kappa shape index (κ1) is 66.3. The number of hydrogen-bond donors (Lipinski definition) is 3. The van der Waals surface area contributed by atoms with Crippen LogP contribution in [0.5, 0.6) is 0 Å². The van der Waals surface area contributed by atoms with E-state index >= 15 is 0 Å². The summed E-state index contributed by atoms with van der Waals surface area (Å²) in [4.78, 5) is 12.5. The SMILES string of the molecule is CC/C=C\C/C=C\C/C=C\C/C=C\C/C=C\C/C=C\C/C=C\C/C=C\C/C=C\C/C=C\C/C=C\C/C=C\CCCCCCC(=O)NC(CO)C(O)CCCCCCCCCCCCCCCCCCC. The molecule has 0 fully saturated rings. The molecule has 0 saturated heterocycles. The van der Waals surface area contributed by atoms with Gasteiger partial charge in [0.1, 0.15) is 0 Å². The summed E-state index contributed by atoms with van der Waals surface area (Å²) in [6, 6.07) is -0.561. The first-order valence-electron chi connectivity index (χ1n) is 29.0. The van der Waals surface area contributed by atoms with Crippen molar-refractivity contribution in [3.05, 3.63) is 146 Å². The fourth-order valence-electron chi connectivity index (χ4n) is 7.99. The number of allylic oxidation sites excluding steroid dienone is 24. The van der Waals surface area contributed by atoms with E-state index < -0.39 is 12.1 Å². The number of aliphatic hydroxyl groups is 2. The van der Waals surface area contributed by atoms with Crippen molar-refractivity contribution in [3.8, 4) is 0 Å². The number of amides is 1. The summed E-state index contributed by atoms with van der Waals surface area (Å²) in [6.45, 7) is 4.23. The minimum Gasteiger partial charge on any atom is -0.394 e. The zero-order chi connectivity index (χ0) is 50.6. The van der Waals surface area contributed by atoms with Crippen molar-refractivity contribution in [2.24, 2.45) is 0 Å². The number of carbonyl (C=O) groups excluding carboxylic acids is 1. The molecule has 0 spiro atoms. The Morgan fingerprint density at radius 1 is 0.357 bits per heavy atom. The van der Waals surface area contributed by atoms with Gasteiger partial charge in [0.25, 0.3) is 0 Å². The Kier molecular flexibility index (Phi) is 56.4. The number of carbonyl (C=O) groups is 1. The van der Waals surface area contributed by atoms with Gasteiger partial charge in [-0.25, -0.2) is 0 Å². The van der Waals surface area contributed by atoms with Crippen molar-refractivity contribution in [2.75, 3.05) is 6.61 Å². The normalized spacial score (nSPS) is 13.9. The molecule has 2 atom stereocenters. The number of hydrogen-bond acceptors (Lipinski definition) is 3. The van der Waals surface area contributed by atoms with Gasteiger partial charge in [-0.3, -0.25) is 4.79 Å². The second kappa shape index (κ2) is 59.6. The predicted octanol–water partition coefficient (Wildman–Crippen LogP) is 19.6. The maximum Gasteiger partial charge on any atom is 0.220 e. The van der Waals surface area contributed by atoms with Gasteiger partial charge in [0.2, 0.25) is 5.91 Å². The number of rotatable bonds is 51. The Morgan fingerprint density at radius 3 is 0.943 bits per heavy atom. The van der Waals surface area contributed by atoms with Crippen molar-refractivity contribution in [1.82, 2.24) is 5.32 Å². The van der Waals surface area contributed by atoms with Gasteiger partial charge in [0, 0.05) is 6.42 Å². The lowest BCUT2D eigenvalue weighted by Gasteiger charge is -2.22. The third kappa shape index (κ3) is 55.2. The predicted molar refractivity (Wildman–Crippen MR) is 312 cm³/mol. The fourth-order valence-corrected chi connectivity index (χ4v) is 7.99. The highest BCUT2D eigenvalue weighted by Crippen LogP contribution is 2.16. The molecule has 0 aliphatic carbocycles. The summed E-state index contributed by atoms with van der Waals surface area (Å²) in [6.07, 6.45) is 94.0. The van der Waals surface area contributed by atoms with E-state index in [1.807, 2.05) is 0 Å². The van der Waals surface area contributed by atoms with Crippen LogP contribution in [0.25, 0.3) is 0 Å². The van der Waals surface area contributed by atoms with E-state index in [9.17, 15) is 15.0 Å². The Labute approximate surface area is 433 Å². The monoisotopic (exact) mass is 964 g/mol. The second-order valence-corrected chi connectivity index (χ2v) is 19.0. The van der Waals surface area contributed by atoms with Crippen molar-refractivity contribution in [1.29, 1.82) is 0 Å². The molecule has 0 aromatic carbocycles. The molecular formula is C66H109NO3. The standard InChI is InChI=1S/C66H109NO3/c1-3-5-7-9-11-13-15-17-19-21-22-23-24-25-26-27-28-29-30-31-32-33-34-35-36-37-38-39-40-41-42-43-44-46-48-50-52-54-56-58-60-62-66(70)67-64(63-68)65(69)61-59-57-55-53-51-49-47-45-20-18-16-14-12-10-8-6-4-2/h5,7,11,13,17,19,22-23,25-26,28-29,31-32,34-35,37-38,40-41,43-44,48,50,64-65,68-69H,3-4,6,8-10,12,14-16,18,20-21,24,27,30,33,36,39,42,45-47,49,51-63H2,1-2H3,(H,67,70)/b7-5-,13-11-,19-17-,23-22-,26-25-,29-28-,32-31-,35-34-,38-37-,41-40-,44-43-,50-48-. The van der Waals surface area contributed by atoms with Crippen LogP contribution in [0.2, 0.25) is 0 Å². The van der Waals surface area contributed by atoms with E-state index in [1.165, 1.54) is 96.3 Å². The molecule has 0 saturated carbocycles. The van der Waals surface area contributed by atoms with Crippen molar-refractivity contribution < 1.29 is 15.0 Å². The molecule has 0 heterocycles. The molecule has 0 radical (unpaired) electrons. The molecule has 4 nitrogen and oxygen atoms in total. The average molecular weight is 965 g/mol. The van der Waals surface area contributed by atoms with Gasteiger partial charge in [0.15, 0.2) is 0 Å². The molecule has 0 aromatic heterocycles. The molecule has 0 aromatic rings. The van der Waals surface area contributed by atoms with Crippen LogP contribution in [0.1, 0.15) is 245 Å². The first-order chi connectivity index (χ1) is 34.7. The van der Waals surface area contributed by atoms with Crippen molar-refractivity contribution in [2.45, 2.75) is 257 Å². The highest BCUT2D eigenvalue weighted by molar-refractivity contribution is 5.76. The zero-order valence-corrected chi connectivity index (χ0v) is 45.5. The van der Waals surface area contributed by atoms with Crippen molar-refractivity contribution in [3.63, 3.8) is 0 Å². The number of aliphatic hydroxyl groups excluding tert-OH is 2. The van der Waals surface area contributed by atoms with Gasteiger partial charge in [-0.2, -0.15) is 0 Å². The maximum atomic E-state index is 12.5. The Hall–Kier alpha value is -3.73. The van der Waals surface area contributed by atoms with Crippen LogP contribution in [0.3, 0.4) is 0 Å². The number of nitrogens with one attached hydrogen (secondary N) is 1. The van der Waals surface area contributed by atoms with Crippen LogP contribution in [0.15, 0.2) is 146 Å². The van der Waals surface area contributed by atoms with Crippen molar-refractivity contribution >= 4 is 5.91 Å². The molecule has 0 aliphatic rings. The summed E-state index contributed by atoms with van der Waals surface area (Å²) in [5.74, 6) is -0.0604. The quantitative estimate of drug-likeness (QED) is 0.0420. The minimum absolute atomic E-state index is 0.0604. The molecule has 0 aliphatic heterocycles. The Morgan fingerprint density at radius 2 is 0.629 bits per heavy atom.